The van der Waals surface area contributed by atoms with Gasteiger partial charge in [0.05, 0.1) is 17.8 Å². The van der Waals surface area contributed by atoms with Gasteiger partial charge in [0.2, 0.25) is 5.91 Å². The second kappa shape index (κ2) is 11.0. The molecule has 2 aromatic heterocycles. The standard InChI is InChI=1S/C25H40N4O3/c1-17(2)15-22(23(31)18(3)30)28(7)24(32)25(5,6)12-9-8-10-14-29-19(4)27-20-16-26-13-11-21(20)29/h11,13,16-18,22,30H,8-10,12,14-15H2,1-7H3/t18?,22-/m0/s1. The molecule has 2 rings (SSSR count). The Hall–Kier alpha value is -2.28. The summed E-state index contributed by atoms with van der Waals surface area (Å²) in [5.74, 6) is 0.910. The van der Waals surface area contributed by atoms with E-state index in [9.17, 15) is 14.7 Å². The van der Waals surface area contributed by atoms with Crippen LogP contribution in [0.2, 0.25) is 0 Å². The van der Waals surface area contributed by atoms with Gasteiger partial charge in [0.25, 0.3) is 0 Å². The van der Waals surface area contributed by atoms with E-state index in [1.165, 1.54) is 6.92 Å². The number of unbranched alkanes of at least 4 members (excludes halogenated alkanes) is 2. The van der Waals surface area contributed by atoms with Gasteiger partial charge in [-0.25, -0.2) is 4.98 Å². The first-order chi connectivity index (χ1) is 15.0. The van der Waals surface area contributed by atoms with E-state index in [0.29, 0.717) is 6.42 Å². The largest absolute Gasteiger partial charge is 0.386 e. The van der Waals surface area contributed by atoms with E-state index in [1.807, 2.05) is 40.7 Å². The van der Waals surface area contributed by atoms with Gasteiger partial charge in [-0.1, -0.05) is 40.5 Å². The molecular weight excluding hydrogens is 404 g/mol. The third-order valence-corrected chi connectivity index (χ3v) is 6.23. The van der Waals surface area contributed by atoms with Gasteiger partial charge >= 0.3 is 0 Å². The van der Waals surface area contributed by atoms with E-state index < -0.39 is 17.6 Å². The number of aliphatic hydroxyl groups excluding tert-OH is 1. The maximum Gasteiger partial charge on any atom is 0.228 e. The summed E-state index contributed by atoms with van der Waals surface area (Å²) in [6, 6.07) is 1.41. The fraction of sp³-hybridized carbons (Fsp3) is 0.680. The fourth-order valence-corrected chi connectivity index (χ4v) is 4.31. The molecular formula is C25H40N4O3. The Labute approximate surface area is 192 Å². The molecule has 0 fully saturated rings. The van der Waals surface area contributed by atoms with E-state index in [2.05, 4.69) is 14.5 Å². The molecule has 2 aromatic rings. The number of carbonyl (C=O) groups is 2. The van der Waals surface area contributed by atoms with Crippen LogP contribution in [0.5, 0.6) is 0 Å². The van der Waals surface area contributed by atoms with Crippen LogP contribution < -0.4 is 0 Å². The Balaban J connectivity index is 1.91. The molecule has 1 amide bonds. The molecule has 1 N–H and O–H groups in total. The quantitative estimate of drug-likeness (QED) is 0.497. The van der Waals surface area contributed by atoms with Gasteiger partial charge in [0.15, 0.2) is 5.78 Å². The van der Waals surface area contributed by atoms with Crippen molar-refractivity contribution in [2.45, 2.75) is 92.3 Å². The fourth-order valence-electron chi connectivity index (χ4n) is 4.31. The lowest BCUT2D eigenvalue weighted by atomic mass is 9.84. The molecule has 0 radical (unpaired) electrons. The Morgan fingerprint density at radius 2 is 1.88 bits per heavy atom. The summed E-state index contributed by atoms with van der Waals surface area (Å²) in [5, 5.41) is 9.80. The zero-order chi connectivity index (χ0) is 24.1. The lowest BCUT2D eigenvalue weighted by molar-refractivity contribution is -0.148. The first-order valence-electron chi connectivity index (χ1n) is 11.7. The van der Waals surface area contributed by atoms with Gasteiger partial charge in [-0.2, -0.15) is 0 Å². The maximum atomic E-state index is 13.2. The summed E-state index contributed by atoms with van der Waals surface area (Å²) in [7, 11) is 1.69. The Bertz CT molecular complexity index is 917. The summed E-state index contributed by atoms with van der Waals surface area (Å²) in [4.78, 5) is 36.0. The summed E-state index contributed by atoms with van der Waals surface area (Å²) >= 11 is 0. The predicted octanol–water partition coefficient (Wildman–Crippen LogP) is 4.15. The van der Waals surface area contributed by atoms with Crippen molar-refractivity contribution in [3.63, 3.8) is 0 Å². The van der Waals surface area contributed by atoms with Crippen molar-refractivity contribution in [2.75, 3.05) is 7.05 Å². The number of aromatic nitrogens is 3. The van der Waals surface area contributed by atoms with Crippen LogP contribution in [0, 0.1) is 18.3 Å². The average Bonchev–Trinajstić information content (AvgIpc) is 3.05. The highest BCUT2D eigenvalue weighted by Gasteiger charge is 2.36. The molecule has 1 unspecified atom stereocenters. The normalized spacial score (nSPS) is 14.0. The number of hydrogen-bond acceptors (Lipinski definition) is 5. The molecule has 0 saturated heterocycles. The molecule has 0 aliphatic carbocycles. The van der Waals surface area contributed by atoms with Crippen LogP contribution in [0.1, 0.15) is 72.5 Å². The van der Waals surface area contributed by atoms with Gasteiger partial charge in [-0.3, -0.25) is 14.6 Å². The van der Waals surface area contributed by atoms with Crippen LogP contribution in [0.15, 0.2) is 18.5 Å². The van der Waals surface area contributed by atoms with Gasteiger partial charge < -0.3 is 14.6 Å². The second-order valence-electron chi connectivity index (χ2n) is 10.0. The van der Waals surface area contributed by atoms with E-state index in [1.54, 1.807) is 24.3 Å². The van der Waals surface area contributed by atoms with Crippen molar-refractivity contribution in [3.8, 4) is 0 Å². The van der Waals surface area contributed by atoms with Crippen LogP contribution in [-0.4, -0.2) is 55.4 Å². The molecule has 32 heavy (non-hydrogen) atoms. The number of likely N-dealkylation sites (N-methyl/N-ethyl adjacent to an activating group) is 1. The van der Waals surface area contributed by atoms with Crippen LogP contribution in [-0.2, 0) is 16.1 Å². The Kier molecular flexibility index (Phi) is 8.96. The number of aryl methyl sites for hydroxylation is 2. The van der Waals surface area contributed by atoms with Crippen molar-refractivity contribution >= 4 is 22.7 Å². The minimum Gasteiger partial charge on any atom is -0.386 e. The number of rotatable bonds is 12. The smallest absolute Gasteiger partial charge is 0.228 e. The number of ketones is 1. The minimum atomic E-state index is -1.07. The summed E-state index contributed by atoms with van der Waals surface area (Å²) in [6.45, 7) is 12.3. The van der Waals surface area contributed by atoms with Crippen molar-refractivity contribution < 1.29 is 14.7 Å². The number of imidazole rings is 1. The Morgan fingerprint density at radius 1 is 1.19 bits per heavy atom. The molecule has 0 aliphatic heterocycles. The molecule has 0 bridgehead atoms. The summed E-state index contributed by atoms with van der Waals surface area (Å²) in [5.41, 5.74) is 1.46. The zero-order valence-corrected chi connectivity index (χ0v) is 20.8. The summed E-state index contributed by atoms with van der Waals surface area (Å²) in [6.07, 6.45) is 6.75. The highest BCUT2D eigenvalue weighted by molar-refractivity contribution is 5.92. The molecule has 0 saturated carbocycles. The topological polar surface area (TPSA) is 88.3 Å². The van der Waals surface area contributed by atoms with Crippen LogP contribution in [0.3, 0.4) is 0 Å². The third kappa shape index (κ3) is 6.37. The second-order valence-corrected chi connectivity index (χ2v) is 10.0. The molecule has 0 aromatic carbocycles. The number of pyridine rings is 1. The first-order valence-corrected chi connectivity index (χ1v) is 11.7. The molecule has 178 valence electrons. The van der Waals surface area contributed by atoms with Crippen molar-refractivity contribution in [2.24, 2.45) is 11.3 Å². The monoisotopic (exact) mass is 444 g/mol. The van der Waals surface area contributed by atoms with E-state index in [4.69, 9.17) is 0 Å². The molecule has 2 atom stereocenters. The molecule has 2 heterocycles. The number of Topliss-reactive ketones (excluding diaryl/α,β-unsaturated/α-hetero) is 1. The van der Waals surface area contributed by atoms with Crippen LogP contribution in [0.4, 0.5) is 0 Å². The number of aliphatic hydroxyl groups is 1. The van der Waals surface area contributed by atoms with Gasteiger partial charge in [-0.05, 0) is 45.1 Å². The maximum absolute atomic E-state index is 13.2. The highest BCUT2D eigenvalue weighted by atomic mass is 16.3. The number of nitrogens with zero attached hydrogens (tertiary/aromatic N) is 4. The van der Waals surface area contributed by atoms with Crippen molar-refractivity contribution in [1.29, 1.82) is 0 Å². The van der Waals surface area contributed by atoms with Gasteiger partial charge in [0, 0.05) is 25.2 Å². The van der Waals surface area contributed by atoms with Crippen molar-refractivity contribution in [1.82, 2.24) is 19.4 Å². The highest BCUT2D eigenvalue weighted by Crippen LogP contribution is 2.28. The number of hydrogen-bond donors (Lipinski definition) is 1. The van der Waals surface area contributed by atoms with E-state index in [0.717, 1.165) is 49.1 Å². The zero-order valence-electron chi connectivity index (χ0n) is 20.8. The first kappa shape index (κ1) is 26.0. The lowest BCUT2D eigenvalue weighted by Gasteiger charge is -2.35. The number of fused-ring (bicyclic) bond motifs is 1. The molecule has 0 spiro atoms. The number of amides is 1. The van der Waals surface area contributed by atoms with E-state index in [-0.39, 0.29) is 17.6 Å². The lowest BCUT2D eigenvalue weighted by Crippen LogP contribution is -2.50. The predicted molar refractivity (Wildman–Crippen MR) is 127 cm³/mol. The van der Waals surface area contributed by atoms with Crippen LogP contribution >= 0.6 is 0 Å². The third-order valence-electron chi connectivity index (χ3n) is 6.23. The minimum absolute atomic E-state index is 0.0406. The SMILES string of the molecule is Cc1nc2cnccc2n1CCCCCC(C)(C)C(=O)N(C)[C@@H](CC(C)C)C(=O)C(C)O. The Morgan fingerprint density at radius 3 is 2.50 bits per heavy atom. The van der Waals surface area contributed by atoms with Crippen LogP contribution in [0.25, 0.3) is 11.0 Å². The van der Waals surface area contributed by atoms with Crippen molar-refractivity contribution in [3.05, 3.63) is 24.3 Å². The molecule has 7 heteroatoms. The van der Waals surface area contributed by atoms with Gasteiger partial charge in [-0.15, -0.1) is 0 Å². The number of carbonyl (C=O) groups excluding carboxylic acids is 2. The molecule has 7 nitrogen and oxygen atoms in total. The van der Waals surface area contributed by atoms with E-state index >= 15 is 0 Å². The van der Waals surface area contributed by atoms with Gasteiger partial charge in [0.1, 0.15) is 17.4 Å². The molecule has 0 aliphatic rings. The summed E-state index contributed by atoms with van der Waals surface area (Å²) < 4.78 is 2.22. The average molecular weight is 445 g/mol.